The van der Waals surface area contributed by atoms with Crippen molar-refractivity contribution in [1.82, 2.24) is 10.6 Å². The summed E-state index contributed by atoms with van der Waals surface area (Å²) in [6.45, 7) is 3.99. The SMILES string of the molecule is CC(C)C(CCC(=O)N[C@@H]1[C@@H](O)[C@H](O)[C@@H](CO)O[C@H]1C)C(=O)NC1[C@H](O)OC(CO)[C@@H](O)[C@H]1O. The minimum Gasteiger partial charge on any atom is -0.394 e. The van der Waals surface area contributed by atoms with E-state index in [1.165, 1.54) is 0 Å². The van der Waals surface area contributed by atoms with Crippen LogP contribution in [0.4, 0.5) is 0 Å². The molecule has 2 amide bonds. The van der Waals surface area contributed by atoms with Crippen LogP contribution in [0.2, 0.25) is 0 Å². The molecular formula is C21H38N2O11. The van der Waals surface area contributed by atoms with Gasteiger partial charge in [0.05, 0.1) is 25.4 Å². The molecule has 9 N–H and O–H groups in total. The first-order valence-electron chi connectivity index (χ1n) is 11.5. The summed E-state index contributed by atoms with van der Waals surface area (Å²) in [5.41, 5.74) is 0. The zero-order chi connectivity index (χ0) is 25.7. The van der Waals surface area contributed by atoms with Crippen molar-refractivity contribution in [3.05, 3.63) is 0 Å². The monoisotopic (exact) mass is 494 g/mol. The van der Waals surface area contributed by atoms with Crippen molar-refractivity contribution >= 4 is 11.8 Å². The molecule has 0 aliphatic carbocycles. The topological polar surface area (TPSA) is 218 Å². The van der Waals surface area contributed by atoms with Crippen molar-refractivity contribution in [2.45, 2.75) is 94.7 Å². The number of aliphatic hydroxyl groups is 7. The Morgan fingerprint density at radius 1 is 0.824 bits per heavy atom. The van der Waals surface area contributed by atoms with E-state index in [2.05, 4.69) is 10.6 Å². The smallest absolute Gasteiger partial charge is 0.223 e. The number of carbonyl (C=O) groups excluding carboxylic acids is 2. The Kier molecular flexibility index (Phi) is 10.6. The first kappa shape index (κ1) is 28.8. The van der Waals surface area contributed by atoms with E-state index in [1.54, 1.807) is 20.8 Å². The quantitative estimate of drug-likeness (QED) is 0.150. The third kappa shape index (κ3) is 6.62. The van der Waals surface area contributed by atoms with Crippen molar-refractivity contribution in [3.63, 3.8) is 0 Å². The molecule has 198 valence electrons. The highest BCUT2D eigenvalue weighted by molar-refractivity contribution is 5.81. The van der Waals surface area contributed by atoms with Gasteiger partial charge in [-0.3, -0.25) is 9.59 Å². The largest absolute Gasteiger partial charge is 0.394 e. The van der Waals surface area contributed by atoms with Crippen LogP contribution in [0.3, 0.4) is 0 Å². The summed E-state index contributed by atoms with van der Waals surface area (Å²) in [6.07, 6.45) is -10.3. The molecule has 3 unspecified atom stereocenters. The number of carbonyl (C=O) groups is 2. The Balaban J connectivity index is 1.95. The number of hydrogen-bond donors (Lipinski definition) is 9. The van der Waals surface area contributed by atoms with E-state index >= 15 is 0 Å². The van der Waals surface area contributed by atoms with Crippen LogP contribution in [-0.4, -0.2) is 122 Å². The van der Waals surface area contributed by atoms with Crippen molar-refractivity contribution in [3.8, 4) is 0 Å². The number of amides is 2. The van der Waals surface area contributed by atoms with Gasteiger partial charge in [-0.1, -0.05) is 13.8 Å². The van der Waals surface area contributed by atoms with Gasteiger partial charge in [-0.05, 0) is 19.3 Å². The van der Waals surface area contributed by atoms with Crippen LogP contribution in [0.5, 0.6) is 0 Å². The van der Waals surface area contributed by atoms with Crippen LogP contribution in [0.25, 0.3) is 0 Å². The molecule has 2 rings (SSSR count). The highest BCUT2D eigenvalue weighted by atomic mass is 16.6. The zero-order valence-electron chi connectivity index (χ0n) is 19.5. The second kappa shape index (κ2) is 12.5. The lowest BCUT2D eigenvalue weighted by Gasteiger charge is -2.41. The van der Waals surface area contributed by atoms with Gasteiger partial charge in [-0.15, -0.1) is 0 Å². The molecule has 0 aromatic rings. The van der Waals surface area contributed by atoms with Crippen LogP contribution in [0.15, 0.2) is 0 Å². The van der Waals surface area contributed by atoms with Crippen LogP contribution in [0.1, 0.15) is 33.6 Å². The Morgan fingerprint density at radius 2 is 1.35 bits per heavy atom. The third-order valence-electron chi connectivity index (χ3n) is 6.53. The molecule has 2 fully saturated rings. The Labute approximate surface area is 197 Å². The summed E-state index contributed by atoms with van der Waals surface area (Å²) in [5.74, 6) is -1.99. The minimum atomic E-state index is -1.65. The summed E-state index contributed by atoms with van der Waals surface area (Å²) in [4.78, 5) is 25.4. The lowest BCUT2D eigenvalue weighted by Crippen LogP contribution is -2.64. The Bertz CT molecular complexity index is 681. The number of aliphatic hydroxyl groups excluding tert-OH is 7. The molecule has 0 aromatic heterocycles. The fraction of sp³-hybridized carbons (Fsp3) is 0.905. The predicted molar refractivity (Wildman–Crippen MR) is 115 cm³/mol. The molecule has 11 atom stereocenters. The molecule has 2 saturated heterocycles. The van der Waals surface area contributed by atoms with Gasteiger partial charge in [-0.2, -0.15) is 0 Å². The van der Waals surface area contributed by atoms with Gasteiger partial charge in [0.15, 0.2) is 6.29 Å². The summed E-state index contributed by atoms with van der Waals surface area (Å²) >= 11 is 0. The standard InChI is InChI=1S/C21H38N2O11/c1-8(2)10(20(31)23-15-19(30)17(28)12(7-25)34-21(15)32)4-5-13(26)22-14-9(3)33-11(6-24)16(27)18(14)29/h8-12,14-19,21,24-25,27-30,32H,4-7H2,1-3H3,(H,22,26)(H,23,31)/t9-,10?,11+,12?,14-,15?,16+,17+,18+,19-,21+/m0/s1. The predicted octanol–water partition coefficient (Wildman–Crippen LogP) is -4.06. The van der Waals surface area contributed by atoms with E-state index in [4.69, 9.17) is 14.6 Å². The first-order chi connectivity index (χ1) is 15.9. The lowest BCUT2D eigenvalue weighted by molar-refractivity contribution is -0.254. The average Bonchev–Trinajstić information content (AvgIpc) is 2.78. The summed E-state index contributed by atoms with van der Waals surface area (Å²) in [7, 11) is 0. The van der Waals surface area contributed by atoms with Crippen molar-refractivity contribution in [2.75, 3.05) is 13.2 Å². The van der Waals surface area contributed by atoms with Crippen LogP contribution in [-0.2, 0) is 19.1 Å². The maximum atomic E-state index is 12.9. The highest BCUT2D eigenvalue weighted by Gasteiger charge is 2.45. The highest BCUT2D eigenvalue weighted by Crippen LogP contribution is 2.24. The molecule has 0 spiro atoms. The van der Waals surface area contributed by atoms with Crippen molar-refractivity contribution in [2.24, 2.45) is 11.8 Å². The van der Waals surface area contributed by atoms with E-state index in [9.17, 15) is 40.2 Å². The van der Waals surface area contributed by atoms with Gasteiger partial charge in [0.1, 0.15) is 42.7 Å². The molecule has 34 heavy (non-hydrogen) atoms. The Hall–Kier alpha value is -1.42. The van der Waals surface area contributed by atoms with E-state index in [1.807, 2.05) is 0 Å². The van der Waals surface area contributed by atoms with Gasteiger partial charge in [0.25, 0.3) is 0 Å². The van der Waals surface area contributed by atoms with E-state index in [0.717, 1.165) is 0 Å². The number of hydrogen-bond acceptors (Lipinski definition) is 11. The van der Waals surface area contributed by atoms with Gasteiger partial charge in [0.2, 0.25) is 11.8 Å². The molecule has 0 bridgehead atoms. The lowest BCUT2D eigenvalue weighted by atomic mass is 9.88. The van der Waals surface area contributed by atoms with Crippen molar-refractivity contribution in [1.29, 1.82) is 0 Å². The summed E-state index contributed by atoms with van der Waals surface area (Å²) < 4.78 is 10.5. The van der Waals surface area contributed by atoms with Crippen LogP contribution < -0.4 is 10.6 Å². The molecular weight excluding hydrogens is 456 g/mol. The number of ether oxygens (including phenoxy) is 2. The van der Waals surface area contributed by atoms with Gasteiger partial charge in [-0.25, -0.2) is 0 Å². The molecule has 0 radical (unpaired) electrons. The molecule has 13 heteroatoms. The second-order valence-corrected chi connectivity index (χ2v) is 9.29. The fourth-order valence-corrected chi connectivity index (χ4v) is 4.34. The third-order valence-corrected chi connectivity index (χ3v) is 6.53. The van der Waals surface area contributed by atoms with E-state index in [-0.39, 0.29) is 18.8 Å². The summed E-state index contributed by atoms with van der Waals surface area (Å²) in [5, 5.41) is 74.1. The van der Waals surface area contributed by atoms with Gasteiger partial charge >= 0.3 is 0 Å². The van der Waals surface area contributed by atoms with E-state index in [0.29, 0.717) is 0 Å². The van der Waals surface area contributed by atoms with E-state index < -0.39 is 92.0 Å². The number of rotatable bonds is 9. The van der Waals surface area contributed by atoms with Crippen molar-refractivity contribution < 1.29 is 54.8 Å². The average molecular weight is 495 g/mol. The van der Waals surface area contributed by atoms with Crippen LogP contribution >= 0.6 is 0 Å². The van der Waals surface area contributed by atoms with Gasteiger partial charge in [0, 0.05) is 12.3 Å². The maximum absolute atomic E-state index is 12.9. The maximum Gasteiger partial charge on any atom is 0.223 e. The zero-order valence-corrected chi connectivity index (χ0v) is 19.5. The Morgan fingerprint density at radius 3 is 1.88 bits per heavy atom. The molecule has 0 saturated carbocycles. The molecule has 2 heterocycles. The molecule has 2 aliphatic heterocycles. The first-order valence-corrected chi connectivity index (χ1v) is 11.5. The second-order valence-electron chi connectivity index (χ2n) is 9.29. The fourth-order valence-electron chi connectivity index (χ4n) is 4.34. The normalized spacial score (nSPS) is 39.5. The molecule has 13 nitrogen and oxygen atoms in total. The molecule has 2 aliphatic rings. The minimum absolute atomic E-state index is 0.0940. The van der Waals surface area contributed by atoms with Gasteiger partial charge < -0.3 is 55.9 Å². The molecule has 0 aromatic carbocycles. The number of nitrogens with one attached hydrogen (secondary N) is 2. The summed E-state index contributed by atoms with van der Waals surface area (Å²) in [6, 6.07) is -2.25. The van der Waals surface area contributed by atoms with Crippen LogP contribution in [0, 0.1) is 11.8 Å².